The van der Waals surface area contributed by atoms with E-state index in [1.165, 1.54) is 77.4 Å². The highest BCUT2D eigenvalue weighted by atomic mass is 15.2. The largest absolute Gasteiger partial charge is 0.309 e. The number of para-hydroxylation sites is 2. The molecule has 0 heterocycles. The first-order valence-electron chi connectivity index (χ1n) is 22.7. The zero-order chi connectivity index (χ0) is 42.0. The summed E-state index contributed by atoms with van der Waals surface area (Å²) < 4.78 is 0. The minimum atomic E-state index is 0.0121. The lowest BCUT2D eigenvalue weighted by Crippen LogP contribution is -2.23. The molecule has 0 radical (unpaired) electrons. The smallest absolute Gasteiger partial charge is 0.0619 e. The summed E-state index contributed by atoms with van der Waals surface area (Å²) in [5, 5.41) is 4.80. The van der Waals surface area contributed by atoms with Crippen LogP contribution < -0.4 is 9.80 Å². The summed E-state index contributed by atoms with van der Waals surface area (Å²) in [6, 6.07) is 72.8. The molecule has 0 saturated carbocycles. The van der Waals surface area contributed by atoms with Gasteiger partial charge in [-0.15, -0.1) is 0 Å². The summed E-state index contributed by atoms with van der Waals surface area (Å²) in [6.07, 6.45) is 4.27. The molecule has 0 spiro atoms. The van der Waals surface area contributed by atoms with Crippen LogP contribution in [-0.2, 0) is 10.8 Å². The third-order valence-corrected chi connectivity index (χ3v) is 14.8. The second-order valence-electron chi connectivity index (χ2n) is 17.3. The fourth-order valence-electron chi connectivity index (χ4n) is 11.7. The molecule has 0 bridgehead atoms. The Balaban J connectivity index is 1.19. The lowest BCUT2D eigenvalue weighted by Gasteiger charge is -2.34. The summed E-state index contributed by atoms with van der Waals surface area (Å²) in [5.41, 5.74) is 18.2. The van der Waals surface area contributed by atoms with Crippen LogP contribution in [0.4, 0.5) is 34.1 Å². The predicted octanol–water partition coefficient (Wildman–Crippen LogP) is 17.1. The highest BCUT2D eigenvalue weighted by molar-refractivity contribution is 6.23. The van der Waals surface area contributed by atoms with Crippen molar-refractivity contribution in [3.63, 3.8) is 0 Å². The first-order valence-corrected chi connectivity index (χ1v) is 22.7. The van der Waals surface area contributed by atoms with Gasteiger partial charge in [0, 0.05) is 55.1 Å². The molecule has 302 valence electrons. The van der Waals surface area contributed by atoms with E-state index >= 15 is 0 Å². The average Bonchev–Trinajstić information content (AvgIpc) is 3.79. The van der Waals surface area contributed by atoms with Crippen molar-refractivity contribution in [1.82, 2.24) is 0 Å². The van der Waals surface area contributed by atoms with Crippen molar-refractivity contribution in [3.8, 4) is 22.3 Å². The van der Waals surface area contributed by atoms with E-state index in [1.54, 1.807) is 0 Å². The molecule has 2 nitrogen and oxygen atoms in total. The molecule has 0 atom stereocenters. The Bertz CT molecular complexity index is 2870. The summed E-state index contributed by atoms with van der Waals surface area (Å²) >= 11 is 0. The fraction of sp³-hybridized carbons (Fsp3) is 0.167. The molecule has 2 heteroatoms. The molecular formula is C60H52N2. The minimum absolute atomic E-state index is 0.0121. The van der Waals surface area contributed by atoms with E-state index in [4.69, 9.17) is 0 Å². The SMILES string of the molecule is CCC1(CC)c2ccccc2-c2cc(N(c3ccccc3)c3c4ccccc4c(N(c4ccccc4)c4ccc5c(c4)-c4ccccc4C5(CC)CC)c4ccccc34)ccc21. The van der Waals surface area contributed by atoms with Gasteiger partial charge in [0.05, 0.1) is 11.4 Å². The van der Waals surface area contributed by atoms with E-state index in [1.807, 2.05) is 0 Å². The number of fused-ring (bicyclic) bond motifs is 8. The van der Waals surface area contributed by atoms with Crippen molar-refractivity contribution in [2.24, 2.45) is 0 Å². The Hall–Kier alpha value is -6.90. The molecule has 0 unspecified atom stereocenters. The molecule has 11 rings (SSSR count). The van der Waals surface area contributed by atoms with Crippen LogP contribution in [-0.4, -0.2) is 0 Å². The second-order valence-corrected chi connectivity index (χ2v) is 17.3. The van der Waals surface area contributed by atoms with E-state index in [-0.39, 0.29) is 10.8 Å². The maximum atomic E-state index is 2.52. The Kier molecular flexibility index (Phi) is 9.16. The van der Waals surface area contributed by atoms with Crippen LogP contribution in [0.15, 0.2) is 194 Å². The maximum Gasteiger partial charge on any atom is 0.0619 e. The molecule has 0 aliphatic heterocycles. The lowest BCUT2D eigenvalue weighted by atomic mass is 9.74. The van der Waals surface area contributed by atoms with E-state index in [9.17, 15) is 0 Å². The van der Waals surface area contributed by atoms with Gasteiger partial charge in [0.15, 0.2) is 0 Å². The monoisotopic (exact) mass is 800 g/mol. The Morgan fingerprint density at radius 3 is 0.952 bits per heavy atom. The molecule has 62 heavy (non-hydrogen) atoms. The van der Waals surface area contributed by atoms with Crippen LogP contribution >= 0.6 is 0 Å². The predicted molar refractivity (Wildman–Crippen MR) is 264 cm³/mol. The summed E-state index contributed by atoms with van der Waals surface area (Å²) in [7, 11) is 0. The van der Waals surface area contributed by atoms with Crippen LogP contribution in [0.1, 0.15) is 75.6 Å². The Labute approximate surface area is 366 Å². The van der Waals surface area contributed by atoms with Crippen molar-refractivity contribution in [2.45, 2.75) is 64.2 Å². The van der Waals surface area contributed by atoms with Crippen molar-refractivity contribution in [1.29, 1.82) is 0 Å². The molecule has 0 fully saturated rings. The topological polar surface area (TPSA) is 6.48 Å². The van der Waals surface area contributed by atoms with Crippen molar-refractivity contribution in [3.05, 3.63) is 216 Å². The van der Waals surface area contributed by atoms with Crippen LogP contribution in [0.2, 0.25) is 0 Å². The van der Waals surface area contributed by atoms with E-state index in [0.717, 1.165) is 48.4 Å². The first kappa shape index (κ1) is 38.1. The zero-order valence-electron chi connectivity index (χ0n) is 36.2. The van der Waals surface area contributed by atoms with Gasteiger partial charge in [0.25, 0.3) is 0 Å². The van der Waals surface area contributed by atoms with E-state index in [0.29, 0.717) is 0 Å². The summed E-state index contributed by atoms with van der Waals surface area (Å²) in [5.74, 6) is 0. The number of anilines is 6. The molecular weight excluding hydrogens is 749 g/mol. The third kappa shape index (κ3) is 5.42. The number of hydrogen-bond donors (Lipinski definition) is 0. The standard InChI is InChI=1S/C60H52N2/c1-5-59(6-2)53-33-21-19-27-45(53)51-39-43(35-37-55(51)59)61(41-23-11-9-12-24-41)57-47-29-15-17-31-49(47)58(50-32-18-16-30-48(50)57)62(42-25-13-10-14-26-42)44-36-38-56-52(40-44)46-28-20-22-34-54(46)60(56,7-3)8-4/h9-40H,5-8H2,1-4H3. The molecule has 2 aliphatic carbocycles. The number of nitrogens with zero attached hydrogens (tertiary/aromatic N) is 2. The number of hydrogen-bond acceptors (Lipinski definition) is 2. The van der Waals surface area contributed by atoms with Gasteiger partial charge in [-0.25, -0.2) is 0 Å². The van der Waals surface area contributed by atoms with Gasteiger partial charge in [-0.3, -0.25) is 0 Å². The van der Waals surface area contributed by atoms with Crippen LogP contribution in [0, 0.1) is 0 Å². The number of rotatable bonds is 10. The van der Waals surface area contributed by atoms with Gasteiger partial charge in [-0.2, -0.15) is 0 Å². The van der Waals surface area contributed by atoms with Gasteiger partial charge in [-0.1, -0.05) is 173 Å². The summed E-state index contributed by atoms with van der Waals surface area (Å²) in [6.45, 7) is 9.40. The van der Waals surface area contributed by atoms with Crippen LogP contribution in [0.25, 0.3) is 43.8 Å². The highest BCUT2D eigenvalue weighted by Crippen LogP contribution is 2.57. The van der Waals surface area contributed by atoms with Gasteiger partial charge in [-0.05, 0) is 119 Å². The normalized spacial score (nSPS) is 14.0. The molecule has 0 saturated heterocycles. The first-order chi connectivity index (χ1) is 30.6. The second kappa shape index (κ2) is 14.9. The van der Waals surface area contributed by atoms with Gasteiger partial charge in [0.1, 0.15) is 0 Å². The average molecular weight is 801 g/mol. The highest BCUT2D eigenvalue weighted by Gasteiger charge is 2.42. The van der Waals surface area contributed by atoms with Crippen molar-refractivity contribution >= 4 is 55.7 Å². The van der Waals surface area contributed by atoms with Crippen LogP contribution in [0.3, 0.4) is 0 Å². The van der Waals surface area contributed by atoms with Crippen molar-refractivity contribution < 1.29 is 0 Å². The number of benzene rings is 9. The van der Waals surface area contributed by atoms with E-state index in [2.05, 4.69) is 232 Å². The summed E-state index contributed by atoms with van der Waals surface area (Å²) in [4.78, 5) is 5.03. The molecule has 9 aromatic carbocycles. The molecule has 0 amide bonds. The van der Waals surface area contributed by atoms with E-state index < -0.39 is 0 Å². The zero-order valence-corrected chi connectivity index (χ0v) is 36.2. The molecule has 9 aromatic rings. The molecule has 2 aliphatic rings. The van der Waals surface area contributed by atoms with Crippen molar-refractivity contribution in [2.75, 3.05) is 9.80 Å². The quantitative estimate of drug-likeness (QED) is 0.100. The van der Waals surface area contributed by atoms with Gasteiger partial charge < -0.3 is 9.80 Å². The fourth-order valence-corrected chi connectivity index (χ4v) is 11.7. The van der Waals surface area contributed by atoms with Gasteiger partial charge in [0.2, 0.25) is 0 Å². The molecule has 0 N–H and O–H groups in total. The Morgan fingerprint density at radius 1 is 0.290 bits per heavy atom. The Morgan fingerprint density at radius 2 is 0.597 bits per heavy atom. The molecule has 0 aromatic heterocycles. The third-order valence-electron chi connectivity index (χ3n) is 14.8. The maximum absolute atomic E-state index is 2.52. The van der Waals surface area contributed by atoms with Gasteiger partial charge >= 0.3 is 0 Å². The lowest BCUT2D eigenvalue weighted by molar-refractivity contribution is 0.490. The van der Waals surface area contributed by atoms with Crippen LogP contribution in [0.5, 0.6) is 0 Å². The minimum Gasteiger partial charge on any atom is -0.309 e.